The summed E-state index contributed by atoms with van der Waals surface area (Å²) >= 11 is 0. The summed E-state index contributed by atoms with van der Waals surface area (Å²) in [4.78, 5) is 24.6. The molecule has 1 saturated heterocycles. The molecule has 1 aromatic carbocycles. The van der Waals surface area contributed by atoms with E-state index in [0.717, 1.165) is 12.8 Å². The van der Waals surface area contributed by atoms with Gasteiger partial charge in [0.05, 0.1) is 12.0 Å². The summed E-state index contributed by atoms with van der Waals surface area (Å²) < 4.78 is 4.94. The number of hydrogen-bond donors (Lipinski definition) is 1. The van der Waals surface area contributed by atoms with Gasteiger partial charge in [-0.25, -0.2) is 0 Å². The van der Waals surface area contributed by atoms with Gasteiger partial charge in [0.2, 0.25) is 0 Å². The molecular formula is C14H20ClN3O4. The maximum atomic E-state index is 12.4. The predicted molar refractivity (Wildman–Crippen MR) is 84.9 cm³/mol. The van der Waals surface area contributed by atoms with E-state index in [1.54, 1.807) is 11.0 Å². The first-order valence-corrected chi connectivity index (χ1v) is 6.85. The van der Waals surface area contributed by atoms with Gasteiger partial charge in [-0.3, -0.25) is 14.9 Å². The molecule has 0 bridgehead atoms. The highest BCUT2D eigenvalue weighted by atomic mass is 35.5. The predicted octanol–water partition coefficient (Wildman–Crippen LogP) is 1.85. The lowest BCUT2D eigenvalue weighted by Gasteiger charge is -2.31. The van der Waals surface area contributed by atoms with E-state index in [9.17, 15) is 14.9 Å². The monoisotopic (exact) mass is 329 g/mol. The van der Waals surface area contributed by atoms with E-state index < -0.39 is 4.92 Å². The third kappa shape index (κ3) is 3.86. The second-order valence-electron chi connectivity index (χ2n) is 5.00. The van der Waals surface area contributed by atoms with Gasteiger partial charge in [-0.15, -0.1) is 12.4 Å². The largest absolute Gasteiger partial charge is 0.490 e. The molecule has 8 heteroatoms. The Balaban J connectivity index is 0.00000242. The van der Waals surface area contributed by atoms with E-state index >= 15 is 0 Å². The van der Waals surface area contributed by atoms with Gasteiger partial charge in [0, 0.05) is 30.8 Å². The molecule has 0 atom stereocenters. The van der Waals surface area contributed by atoms with Crippen molar-refractivity contribution in [1.82, 2.24) is 10.2 Å². The number of likely N-dealkylation sites (tertiary alicyclic amines) is 1. The van der Waals surface area contributed by atoms with Crippen molar-refractivity contribution >= 4 is 24.0 Å². The molecule has 1 N–H and O–H groups in total. The lowest BCUT2D eigenvalue weighted by molar-refractivity contribution is -0.385. The Bertz CT molecular complexity index is 545. The van der Waals surface area contributed by atoms with Crippen molar-refractivity contribution in [1.29, 1.82) is 0 Å². The van der Waals surface area contributed by atoms with E-state index in [-0.39, 0.29) is 29.8 Å². The fraction of sp³-hybridized carbons (Fsp3) is 0.500. The molecule has 0 aromatic heterocycles. The SMILES string of the molecule is CNC1CCN(C(=O)c2ccc(OC)c([N+](=O)[O-])c2)CC1.Cl. The van der Waals surface area contributed by atoms with E-state index in [2.05, 4.69) is 5.32 Å². The maximum Gasteiger partial charge on any atom is 0.311 e. The summed E-state index contributed by atoms with van der Waals surface area (Å²) in [7, 11) is 3.28. The highest BCUT2D eigenvalue weighted by Crippen LogP contribution is 2.28. The van der Waals surface area contributed by atoms with Crippen LogP contribution in [0.25, 0.3) is 0 Å². The average Bonchev–Trinajstić information content (AvgIpc) is 2.53. The normalized spacial score (nSPS) is 15.1. The highest BCUT2D eigenvalue weighted by Gasteiger charge is 2.25. The zero-order chi connectivity index (χ0) is 15.4. The number of methoxy groups -OCH3 is 1. The molecule has 0 radical (unpaired) electrons. The Labute approximate surface area is 135 Å². The summed E-state index contributed by atoms with van der Waals surface area (Å²) in [5.74, 6) is -0.0132. The first-order chi connectivity index (χ1) is 10.1. The van der Waals surface area contributed by atoms with Crippen LogP contribution in [0.4, 0.5) is 5.69 Å². The quantitative estimate of drug-likeness (QED) is 0.673. The molecule has 1 aliphatic rings. The van der Waals surface area contributed by atoms with Gasteiger partial charge >= 0.3 is 5.69 Å². The minimum atomic E-state index is -0.539. The molecule has 2 rings (SSSR count). The molecule has 1 heterocycles. The molecule has 0 aliphatic carbocycles. The number of carbonyl (C=O) groups is 1. The molecule has 122 valence electrons. The van der Waals surface area contributed by atoms with Crippen molar-refractivity contribution in [2.75, 3.05) is 27.2 Å². The number of piperidine rings is 1. The minimum Gasteiger partial charge on any atom is -0.490 e. The fourth-order valence-corrected chi connectivity index (χ4v) is 2.52. The number of benzene rings is 1. The Morgan fingerprint density at radius 2 is 2.05 bits per heavy atom. The van der Waals surface area contributed by atoms with Crippen molar-refractivity contribution in [3.05, 3.63) is 33.9 Å². The molecule has 1 aliphatic heterocycles. The number of carbonyl (C=O) groups excluding carboxylic acids is 1. The Morgan fingerprint density at radius 3 is 2.55 bits per heavy atom. The summed E-state index contributed by atoms with van der Waals surface area (Å²) in [5, 5.41) is 14.2. The summed E-state index contributed by atoms with van der Waals surface area (Å²) in [6.07, 6.45) is 1.78. The van der Waals surface area contributed by atoms with Crippen molar-refractivity contribution < 1.29 is 14.5 Å². The summed E-state index contributed by atoms with van der Waals surface area (Å²) in [6, 6.07) is 4.74. The molecule has 1 aromatic rings. The molecule has 0 saturated carbocycles. The molecule has 0 spiro atoms. The summed E-state index contributed by atoms with van der Waals surface area (Å²) in [5.41, 5.74) is 0.138. The molecule has 1 amide bonds. The number of nitro groups is 1. The van der Waals surface area contributed by atoms with Gasteiger partial charge < -0.3 is 15.0 Å². The number of amides is 1. The van der Waals surface area contributed by atoms with Gasteiger partial charge in [-0.05, 0) is 32.0 Å². The van der Waals surface area contributed by atoms with Gasteiger partial charge in [-0.1, -0.05) is 0 Å². The van der Waals surface area contributed by atoms with Gasteiger partial charge in [-0.2, -0.15) is 0 Å². The van der Waals surface area contributed by atoms with Gasteiger partial charge in [0.15, 0.2) is 5.75 Å². The van der Waals surface area contributed by atoms with Crippen molar-refractivity contribution in [3.63, 3.8) is 0 Å². The number of nitrogens with zero attached hydrogens (tertiary/aromatic N) is 2. The lowest BCUT2D eigenvalue weighted by atomic mass is 10.0. The van der Waals surface area contributed by atoms with E-state index in [1.807, 2.05) is 7.05 Å². The number of rotatable bonds is 4. The topological polar surface area (TPSA) is 84.7 Å². The van der Waals surface area contributed by atoms with Crippen LogP contribution < -0.4 is 10.1 Å². The number of hydrogen-bond acceptors (Lipinski definition) is 5. The standard InChI is InChI=1S/C14H19N3O4.ClH/c1-15-11-5-7-16(8-6-11)14(18)10-3-4-13(21-2)12(9-10)17(19)20;/h3-4,9,11,15H,5-8H2,1-2H3;1H. The Hall–Kier alpha value is -1.86. The van der Waals surface area contributed by atoms with Gasteiger partial charge in [0.1, 0.15) is 0 Å². The van der Waals surface area contributed by atoms with E-state index in [4.69, 9.17) is 4.74 Å². The third-order valence-electron chi connectivity index (χ3n) is 3.81. The van der Waals surface area contributed by atoms with Crippen LogP contribution in [-0.2, 0) is 0 Å². The zero-order valence-electron chi connectivity index (χ0n) is 12.6. The Morgan fingerprint density at radius 1 is 1.41 bits per heavy atom. The van der Waals surface area contributed by atoms with Crippen LogP contribution in [0.3, 0.4) is 0 Å². The lowest BCUT2D eigenvalue weighted by Crippen LogP contribution is -2.43. The molecule has 1 fully saturated rings. The van der Waals surface area contributed by atoms with Crippen molar-refractivity contribution in [3.8, 4) is 5.75 Å². The highest BCUT2D eigenvalue weighted by molar-refractivity contribution is 5.95. The number of nitrogens with one attached hydrogen (secondary N) is 1. The molecular weight excluding hydrogens is 310 g/mol. The van der Waals surface area contributed by atoms with Crippen LogP contribution in [-0.4, -0.2) is 49.0 Å². The van der Waals surface area contributed by atoms with Crippen molar-refractivity contribution in [2.24, 2.45) is 0 Å². The first-order valence-electron chi connectivity index (χ1n) is 6.85. The van der Waals surface area contributed by atoms with Crippen molar-refractivity contribution in [2.45, 2.75) is 18.9 Å². The van der Waals surface area contributed by atoms with Crippen LogP contribution in [0.1, 0.15) is 23.2 Å². The van der Waals surface area contributed by atoms with Crippen LogP contribution in [0.2, 0.25) is 0 Å². The van der Waals surface area contributed by atoms with E-state index in [1.165, 1.54) is 19.2 Å². The molecule has 0 unspecified atom stereocenters. The fourth-order valence-electron chi connectivity index (χ4n) is 2.52. The van der Waals surface area contributed by atoms with Crippen LogP contribution in [0, 0.1) is 10.1 Å². The number of ether oxygens (including phenoxy) is 1. The molecule has 22 heavy (non-hydrogen) atoms. The van der Waals surface area contributed by atoms with Crippen LogP contribution in [0.5, 0.6) is 5.75 Å². The zero-order valence-corrected chi connectivity index (χ0v) is 13.4. The summed E-state index contributed by atoms with van der Waals surface area (Å²) in [6.45, 7) is 1.31. The van der Waals surface area contributed by atoms with Gasteiger partial charge in [0.25, 0.3) is 5.91 Å². The second kappa shape index (κ2) is 7.95. The molecule has 7 nitrogen and oxygen atoms in total. The third-order valence-corrected chi connectivity index (χ3v) is 3.81. The first kappa shape index (κ1) is 18.2. The Kier molecular flexibility index (Phi) is 6.58. The minimum absolute atomic E-state index is 0. The maximum absolute atomic E-state index is 12.4. The smallest absolute Gasteiger partial charge is 0.311 e. The van der Waals surface area contributed by atoms with Crippen LogP contribution >= 0.6 is 12.4 Å². The number of halogens is 1. The average molecular weight is 330 g/mol. The number of nitro benzene ring substituents is 1. The second-order valence-corrected chi connectivity index (χ2v) is 5.00. The van der Waals surface area contributed by atoms with E-state index in [0.29, 0.717) is 24.7 Å². The van der Waals surface area contributed by atoms with Crippen LogP contribution in [0.15, 0.2) is 18.2 Å².